The van der Waals surface area contributed by atoms with E-state index in [4.69, 9.17) is 4.74 Å². The van der Waals surface area contributed by atoms with Gasteiger partial charge in [0.15, 0.2) is 5.82 Å². The fourth-order valence-corrected chi connectivity index (χ4v) is 2.68. The van der Waals surface area contributed by atoms with E-state index in [1.54, 1.807) is 6.20 Å². The Balaban J connectivity index is 1.55. The molecule has 3 rings (SSSR count). The minimum Gasteiger partial charge on any atom is -0.378 e. The first-order valence-electron chi connectivity index (χ1n) is 8.02. The lowest BCUT2D eigenvalue weighted by Gasteiger charge is -2.09. The summed E-state index contributed by atoms with van der Waals surface area (Å²) in [5, 5.41) is 2.92. The van der Waals surface area contributed by atoms with Crippen molar-refractivity contribution in [3.8, 4) is 11.4 Å². The molecule has 1 fully saturated rings. The van der Waals surface area contributed by atoms with Crippen LogP contribution in [0, 0.1) is 6.92 Å². The Bertz CT molecular complexity index is 664. The molecule has 2 aromatic rings. The molecule has 1 atom stereocenters. The van der Waals surface area contributed by atoms with Gasteiger partial charge in [0.05, 0.1) is 6.10 Å². The first kappa shape index (κ1) is 15.6. The van der Waals surface area contributed by atoms with Crippen LogP contribution in [-0.2, 0) is 9.53 Å². The number of carbonyl (C=O) groups is 1. The number of hydrogen-bond acceptors (Lipinski definition) is 4. The molecular weight excluding hydrogens is 290 g/mol. The van der Waals surface area contributed by atoms with E-state index in [-0.39, 0.29) is 12.0 Å². The minimum atomic E-state index is 0.0278. The Labute approximate surface area is 136 Å². The summed E-state index contributed by atoms with van der Waals surface area (Å²) in [5.41, 5.74) is 2.66. The van der Waals surface area contributed by atoms with Crippen molar-refractivity contribution in [2.75, 3.05) is 11.9 Å². The summed E-state index contributed by atoms with van der Waals surface area (Å²) >= 11 is 0. The lowest BCUT2D eigenvalue weighted by molar-refractivity contribution is -0.116. The monoisotopic (exact) mass is 311 g/mol. The number of aryl methyl sites for hydroxylation is 1. The molecule has 1 aliphatic rings. The van der Waals surface area contributed by atoms with Crippen LogP contribution in [0.15, 0.2) is 36.5 Å². The van der Waals surface area contributed by atoms with Gasteiger partial charge in [-0.25, -0.2) is 9.97 Å². The second-order valence-electron chi connectivity index (χ2n) is 5.82. The van der Waals surface area contributed by atoms with Crippen molar-refractivity contribution < 1.29 is 9.53 Å². The molecule has 0 aliphatic carbocycles. The van der Waals surface area contributed by atoms with Crippen LogP contribution in [0.5, 0.6) is 0 Å². The molecule has 0 bridgehead atoms. The van der Waals surface area contributed by atoms with E-state index in [1.807, 2.05) is 37.3 Å². The number of carbonyl (C=O) groups excluding carboxylic acids is 1. The van der Waals surface area contributed by atoms with E-state index < -0.39 is 0 Å². The number of ether oxygens (including phenoxy) is 1. The average Bonchev–Trinajstić information content (AvgIpc) is 3.07. The number of hydrogen-bond donors (Lipinski definition) is 1. The van der Waals surface area contributed by atoms with Crippen LogP contribution in [0.2, 0.25) is 0 Å². The molecule has 0 saturated carbocycles. The third-order valence-electron chi connectivity index (χ3n) is 3.94. The number of amides is 1. The number of aromatic nitrogens is 2. The molecule has 1 amide bonds. The number of anilines is 1. The van der Waals surface area contributed by atoms with Crippen LogP contribution < -0.4 is 5.32 Å². The summed E-state index contributed by atoms with van der Waals surface area (Å²) in [6.07, 6.45) is 5.46. The molecule has 2 heterocycles. The van der Waals surface area contributed by atoms with E-state index in [1.165, 1.54) is 0 Å². The van der Waals surface area contributed by atoms with Crippen LogP contribution in [0.4, 0.5) is 5.69 Å². The molecule has 5 heteroatoms. The van der Waals surface area contributed by atoms with Gasteiger partial charge in [0.25, 0.3) is 0 Å². The number of rotatable bonds is 5. The maximum atomic E-state index is 12.0. The summed E-state index contributed by atoms with van der Waals surface area (Å²) in [7, 11) is 0. The van der Waals surface area contributed by atoms with Crippen LogP contribution >= 0.6 is 0 Å². The molecule has 1 saturated heterocycles. The largest absolute Gasteiger partial charge is 0.378 e. The van der Waals surface area contributed by atoms with Crippen molar-refractivity contribution in [1.82, 2.24) is 9.97 Å². The van der Waals surface area contributed by atoms with Gasteiger partial charge in [-0.1, -0.05) is 0 Å². The van der Waals surface area contributed by atoms with E-state index >= 15 is 0 Å². The predicted octanol–water partition coefficient (Wildman–Crippen LogP) is 3.35. The molecule has 0 radical (unpaired) electrons. The Kier molecular flexibility index (Phi) is 4.98. The van der Waals surface area contributed by atoms with Crippen molar-refractivity contribution >= 4 is 11.6 Å². The van der Waals surface area contributed by atoms with E-state index in [9.17, 15) is 4.79 Å². The van der Waals surface area contributed by atoms with E-state index in [2.05, 4.69) is 15.3 Å². The highest BCUT2D eigenvalue weighted by atomic mass is 16.5. The minimum absolute atomic E-state index is 0.0278. The zero-order chi connectivity index (χ0) is 16.1. The SMILES string of the molecule is Cc1ccnc(-c2ccc(NC(=O)CC[C@@H]3CCCO3)cc2)n1. The van der Waals surface area contributed by atoms with Crippen molar-refractivity contribution in [2.24, 2.45) is 0 Å². The van der Waals surface area contributed by atoms with Crippen molar-refractivity contribution in [2.45, 2.75) is 38.7 Å². The molecule has 1 aromatic carbocycles. The summed E-state index contributed by atoms with van der Waals surface area (Å²) in [5.74, 6) is 0.723. The van der Waals surface area contributed by atoms with Crippen molar-refractivity contribution in [1.29, 1.82) is 0 Å². The number of nitrogens with zero attached hydrogens (tertiary/aromatic N) is 2. The Morgan fingerprint density at radius 2 is 2.13 bits per heavy atom. The molecule has 1 aliphatic heterocycles. The van der Waals surface area contributed by atoms with Crippen molar-refractivity contribution in [3.05, 3.63) is 42.2 Å². The Hall–Kier alpha value is -2.27. The fraction of sp³-hybridized carbons (Fsp3) is 0.389. The van der Waals surface area contributed by atoms with Gasteiger partial charge in [-0.3, -0.25) is 4.79 Å². The lowest BCUT2D eigenvalue weighted by Crippen LogP contribution is -2.15. The van der Waals surface area contributed by atoms with Gasteiger partial charge in [0, 0.05) is 36.2 Å². The van der Waals surface area contributed by atoms with Gasteiger partial charge in [0.2, 0.25) is 5.91 Å². The highest BCUT2D eigenvalue weighted by molar-refractivity contribution is 5.90. The first-order chi connectivity index (χ1) is 11.2. The highest BCUT2D eigenvalue weighted by Crippen LogP contribution is 2.19. The number of benzene rings is 1. The third kappa shape index (κ3) is 4.36. The fourth-order valence-electron chi connectivity index (χ4n) is 2.68. The lowest BCUT2D eigenvalue weighted by atomic mass is 10.1. The molecule has 1 aromatic heterocycles. The van der Waals surface area contributed by atoms with Crippen molar-refractivity contribution in [3.63, 3.8) is 0 Å². The van der Waals surface area contributed by atoms with Gasteiger partial charge in [-0.2, -0.15) is 0 Å². The van der Waals surface area contributed by atoms with Crippen LogP contribution in [0.1, 0.15) is 31.4 Å². The topological polar surface area (TPSA) is 64.1 Å². The van der Waals surface area contributed by atoms with Gasteiger partial charge in [-0.05, 0) is 56.5 Å². The number of nitrogens with one attached hydrogen (secondary N) is 1. The smallest absolute Gasteiger partial charge is 0.224 e. The van der Waals surface area contributed by atoms with E-state index in [0.717, 1.165) is 42.8 Å². The standard InChI is InChI=1S/C18H21N3O2/c1-13-10-11-19-18(20-13)14-4-6-15(7-5-14)21-17(22)9-8-16-3-2-12-23-16/h4-7,10-11,16H,2-3,8-9,12H2,1H3,(H,21,22)/t16-/m0/s1. The molecule has 120 valence electrons. The molecular formula is C18H21N3O2. The van der Waals surface area contributed by atoms with Gasteiger partial charge < -0.3 is 10.1 Å². The van der Waals surface area contributed by atoms with Gasteiger partial charge >= 0.3 is 0 Å². The van der Waals surface area contributed by atoms with E-state index in [0.29, 0.717) is 12.2 Å². The maximum Gasteiger partial charge on any atom is 0.224 e. The average molecular weight is 311 g/mol. The molecule has 5 nitrogen and oxygen atoms in total. The zero-order valence-corrected chi connectivity index (χ0v) is 13.3. The van der Waals surface area contributed by atoms with Gasteiger partial charge in [-0.15, -0.1) is 0 Å². The molecule has 1 N–H and O–H groups in total. The quantitative estimate of drug-likeness (QED) is 0.919. The molecule has 0 unspecified atom stereocenters. The summed E-state index contributed by atoms with van der Waals surface area (Å²) in [6, 6.07) is 9.47. The first-order valence-corrected chi connectivity index (χ1v) is 8.02. The molecule has 0 spiro atoms. The van der Waals surface area contributed by atoms with Crippen LogP contribution in [0.3, 0.4) is 0 Å². The summed E-state index contributed by atoms with van der Waals surface area (Å²) in [6.45, 7) is 2.77. The Morgan fingerprint density at radius 3 is 2.83 bits per heavy atom. The van der Waals surface area contributed by atoms with Crippen LogP contribution in [-0.4, -0.2) is 28.6 Å². The summed E-state index contributed by atoms with van der Waals surface area (Å²) in [4.78, 5) is 20.6. The Morgan fingerprint density at radius 1 is 1.30 bits per heavy atom. The zero-order valence-electron chi connectivity index (χ0n) is 13.3. The predicted molar refractivity (Wildman–Crippen MR) is 89.0 cm³/mol. The third-order valence-corrected chi connectivity index (χ3v) is 3.94. The second-order valence-corrected chi connectivity index (χ2v) is 5.82. The summed E-state index contributed by atoms with van der Waals surface area (Å²) < 4.78 is 5.53. The van der Waals surface area contributed by atoms with Gasteiger partial charge in [0.1, 0.15) is 0 Å². The normalized spacial score (nSPS) is 17.2. The highest BCUT2D eigenvalue weighted by Gasteiger charge is 2.16. The molecule has 23 heavy (non-hydrogen) atoms. The van der Waals surface area contributed by atoms with Crippen LogP contribution in [0.25, 0.3) is 11.4 Å². The maximum absolute atomic E-state index is 12.0. The second kappa shape index (κ2) is 7.33.